The summed E-state index contributed by atoms with van der Waals surface area (Å²) in [5.74, 6) is 0.00332. The standard InChI is InChI=1S/C19H29N3O2S/c1-13-14(2)25-17(21-13)9-10-20-18(23)15-7-3-4-8-16(15)19(24)22-11-5-6-12-22/h15-16H,3-12H2,1-2H3,(H,20,23)/t15-,16+/m1/s1. The summed E-state index contributed by atoms with van der Waals surface area (Å²) in [6, 6.07) is 0. The fraction of sp³-hybridized carbons (Fsp3) is 0.737. The maximum atomic E-state index is 12.8. The number of aromatic nitrogens is 1. The summed E-state index contributed by atoms with van der Waals surface area (Å²) in [6.07, 6.45) is 6.77. The Morgan fingerprint density at radius 2 is 1.80 bits per heavy atom. The van der Waals surface area contributed by atoms with Gasteiger partial charge in [0.05, 0.1) is 10.7 Å². The molecule has 3 rings (SSSR count). The number of carbonyl (C=O) groups excluding carboxylic acids is 2. The summed E-state index contributed by atoms with van der Waals surface area (Å²) in [7, 11) is 0. The number of amides is 2. The molecular formula is C19H29N3O2S. The van der Waals surface area contributed by atoms with E-state index in [4.69, 9.17) is 0 Å². The van der Waals surface area contributed by atoms with E-state index >= 15 is 0 Å². The fourth-order valence-electron chi connectivity index (χ4n) is 3.98. The van der Waals surface area contributed by atoms with E-state index in [0.717, 1.165) is 68.7 Å². The Morgan fingerprint density at radius 1 is 1.12 bits per heavy atom. The molecule has 1 saturated carbocycles. The highest BCUT2D eigenvalue weighted by molar-refractivity contribution is 7.11. The molecule has 2 aliphatic rings. The topological polar surface area (TPSA) is 62.3 Å². The lowest BCUT2D eigenvalue weighted by atomic mass is 9.78. The molecule has 5 nitrogen and oxygen atoms in total. The molecule has 0 spiro atoms. The third-order valence-electron chi connectivity index (χ3n) is 5.55. The van der Waals surface area contributed by atoms with Crippen molar-refractivity contribution in [2.24, 2.45) is 11.8 Å². The summed E-state index contributed by atoms with van der Waals surface area (Å²) in [5, 5.41) is 4.13. The van der Waals surface area contributed by atoms with Gasteiger partial charge in [0, 0.05) is 42.8 Å². The zero-order chi connectivity index (χ0) is 17.8. The first-order valence-corrected chi connectivity index (χ1v) is 10.4. The monoisotopic (exact) mass is 363 g/mol. The maximum absolute atomic E-state index is 12.8. The first-order chi connectivity index (χ1) is 12.1. The molecule has 6 heteroatoms. The van der Waals surface area contributed by atoms with Crippen LogP contribution in [0.1, 0.15) is 54.1 Å². The first-order valence-electron chi connectivity index (χ1n) is 9.55. The van der Waals surface area contributed by atoms with Crippen LogP contribution < -0.4 is 5.32 Å². The average Bonchev–Trinajstić information content (AvgIpc) is 3.25. The number of likely N-dealkylation sites (tertiary alicyclic amines) is 1. The molecule has 2 atom stereocenters. The quantitative estimate of drug-likeness (QED) is 0.875. The molecule has 1 saturated heterocycles. The molecule has 1 N–H and O–H groups in total. The van der Waals surface area contributed by atoms with E-state index in [-0.39, 0.29) is 23.7 Å². The van der Waals surface area contributed by atoms with Gasteiger partial charge in [0.2, 0.25) is 11.8 Å². The zero-order valence-corrected chi connectivity index (χ0v) is 16.2. The van der Waals surface area contributed by atoms with Crippen LogP contribution in [0.5, 0.6) is 0 Å². The van der Waals surface area contributed by atoms with Crippen molar-refractivity contribution in [1.29, 1.82) is 0 Å². The van der Waals surface area contributed by atoms with E-state index < -0.39 is 0 Å². The van der Waals surface area contributed by atoms with Crippen molar-refractivity contribution >= 4 is 23.2 Å². The van der Waals surface area contributed by atoms with Gasteiger partial charge in [-0.05, 0) is 39.5 Å². The SMILES string of the molecule is Cc1nc(CCNC(=O)[C@@H]2CCCC[C@@H]2C(=O)N2CCCC2)sc1C. The number of aryl methyl sites for hydroxylation is 2. The van der Waals surface area contributed by atoms with Gasteiger partial charge in [-0.25, -0.2) is 4.98 Å². The second-order valence-corrected chi connectivity index (χ2v) is 8.61. The van der Waals surface area contributed by atoms with E-state index in [1.165, 1.54) is 4.88 Å². The number of hydrogen-bond acceptors (Lipinski definition) is 4. The Hall–Kier alpha value is -1.43. The van der Waals surface area contributed by atoms with Crippen molar-refractivity contribution in [2.75, 3.05) is 19.6 Å². The molecule has 1 aliphatic carbocycles. The zero-order valence-electron chi connectivity index (χ0n) is 15.3. The summed E-state index contributed by atoms with van der Waals surface area (Å²) >= 11 is 1.70. The smallest absolute Gasteiger partial charge is 0.226 e. The highest BCUT2D eigenvalue weighted by Crippen LogP contribution is 2.32. The van der Waals surface area contributed by atoms with Crippen molar-refractivity contribution in [3.63, 3.8) is 0 Å². The van der Waals surface area contributed by atoms with Crippen LogP contribution in [0.15, 0.2) is 0 Å². The molecule has 1 aromatic rings. The number of thiazole rings is 1. The van der Waals surface area contributed by atoms with E-state index in [9.17, 15) is 9.59 Å². The highest BCUT2D eigenvalue weighted by atomic mass is 32.1. The lowest BCUT2D eigenvalue weighted by molar-refractivity contribution is -0.142. The van der Waals surface area contributed by atoms with E-state index in [2.05, 4.69) is 17.2 Å². The van der Waals surface area contributed by atoms with Gasteiger partial charge in [-0.1, -0.05) is 12.8 Å². The van der Waals surface area contributed by atoms with Gasteiger partial charge in [0.15, 0.2) is 0 Å². The van der Waals surface area contributed by atoms with Gasteiger partial charge in [0.25, 0.3) is 0 Å². The molecule has 1 aliphatic heterocycles. The van der Waals surface area contributed by atoms with Crippen LogP contribution >= 0.6 is 11.3 Å². The minimum Gasteiger partial charge on any atom is -0.355 e. The first kappa shape index (κ1) is 18.4. The number of carbonyl (C=O) groups is 2. The summed E-state index contributed by atoms with van der Waals surface area (Å²) < 4.78 is 0. The molecule has 138 valence electrons. The van der Waals surface area contributed by atoms with Crippen molar-refractivity contribution < 1.29 is 9.59 Å². The molecule has 0 radical (unpaired) electrons. The molecular weight excluding hydrogens is 334 g/mol. The molecule has 1 aromatic heterocycles. The normalized spacial score (nSPS) is 23.7. The molecule has 0 bridgehead atoms. The van der Waals surface area contributed by atoms with Gasteiger partial charge in [-0.3, -0.25) is 9.59 Å². The van der Waals surface area contributed by atoms with Gasteiger partial charge in [0.1, 0.15) is 0 Å². The minimum absolute atomic E-state index is 0.0576. The number of nitrogens with one attached hydrogen (secondary N) is 1. The largest absolute Gasteiger partial charge is 0.355 e. The third kappa shape index (κ3) is 4.40. The third-order valence-corrected chi connectivity index (χ3v) is 6.68. The second kappa shape index (κ2) is 8.30. The van der Waals surface area contributed by atoms with Crippen molar-refractivity contribution in [1.82, 2.24) is 15.2 Å². The summed E-state index contributed by atoms with van der Waals surface area (Å²) in [5.41, 5.74) is 1.08. The minimum atomic E-state index is -0.151. The van der Waals surface area contributed by atoms with E-state index in [1.54, 1.807) is 11.3 Å². The van der Waals surface area contributed by atoms with Crippen LogP contribution in [0.3, 0.4) is 0 Å². The predicted molar refractivity (Wildman–Crippen MR) is 99.6 cm³/mol. The van der Waals surface area contributed by atoms with E-state index in [0.29, 0.717) is 6.54 Å². The van der Waals surface area contributed by atoms with E-state index in [1.807, 2.05) is 11.8 Å². The van der Waals surface area contributed by atoms with Crippen LogP contribution in [-0.2, 0) is 16.0 Å². The molecule has 0 aromatic carbocycles. The molecule has 2 amide bonds. The molecule has 2 fully saturated rings. The number of nitrogens with zero attached hydrogens (tertiary/aromatic N) is 2. The molecule has 0 unspecified atom stereocenters. The van der Waals surface area contributed by atoms with Crippen LogP contribution in [0.2, 0.25) is 0 Å². The van der Waals surface area contributed by atoms with Gasteiger partial charge >= 0.3 is 0 Å². The Balaban J connectivity index is 1.54. The summed E-state index contributed by atoms with van der Waals surface area (Å²) in [4.78, 5) is 33.2. The van der Waals surface area contributed by atoms with Crippen LogP contribution in [0, 0.1) is 25.7 Å². The Morgan fingerprint density at radius 3 is 2.44 bits per heavy atom. The van der Waals surface area contributed by atoms with Gasteiger partial charge in [-0.15, -0.1) is 11.3 Å². The fourth-order valence-corrected chi connectivity index (χ4v) is 4.92. The molecule has 2 heterocycles. The number of hydrogen-bond donors (Lipinski definition) is 1. The summed E-state index contributed by atoms with van der Waals surface area (Å²) in [6.45, 7) is 6.43. The van der Waals surface area contributed by atoms with Crippen molar-refractivity contribution in [2.45, 2.75) is 58.8 Å². The van der Waals surface area contributed by atoms with Crippen LogP contribution in [0.4, 0.5) is 0 Å². The lowest BCUT2D eigenvalue weighted by Crippen LogP contribution is -2.45. The second-order valence-electron chi connectivity index (χ2n) is 7.32. The van der Waals surface area contributed by atoms with Crippen LogP contribution in [-0.4, -0.2) is 41.3 Å². The molecule has 25 heavy (non-hydrogen) atoms. The predicted octanol–water partition coefficient (Wildman–Crippen LogP) is 2.85. The Bertz CT molecular complexity index is 603. The van der Waals surface area contributed by atoms with Crippen molar-refractivity contribution in [3.05, 3.63) is 15.6 Å². The Labute approximate surface area is 154 Å². The van der Waals surface area contributed by atoms with Crippen molar-refractivity contribution in [3.8, 4) is 0 Å². The highest BCUT2D eigenvalue weighted by Gasteiger charge is 2.38. The maximum Gasteiger partial charge on any atom is 0.226 e. The van der Waals surface area contributed by atoms with Gasteiger partial charge in [-0.2, -0.15) is 0 Å². The lowest BCUT2D eigenvalue weighted by Gasteiger charge is -2.32. The number of rotatable bonds is 5. The Kier molecular flexibility index (Phi) is 6.10. The van der Waals surface area contributed by atoms with Gasteiger partial charge < -0.3 is 10.2 Å². The van der Waals surface area contributed by atoms with Crippen LogP contribution in [0.25, 0.3) is 0 Å². The average molecular weight is 364 g/mol.